The van der Waals surface area contributed by atoms with E-state index < -0.39 is 0 Å². The van der Waals surface area contributed by atoms with E-state index >= 15 is 0 Å². The van der Waals surface area contributed by atoms with Gasteiger partial charge in [0.15, 0.2) is 0 Å². The number of hydrogen-bond acceptors (Lipinski definition) is 3. The second-order valence-electron chi connectivity index (χ2n) is 8.60. The lowest BCUT2D eigenvalue weighted by molar-refractivity contribution is 0.302. The quantitative estimate of drug-likeness (QED) is 0.222. The van der Waals surface area contributed by atoms with Crippen LogP contribution in [-0.4, -0.2) is 18.8 Å². The van der Waals surface area contributed by atoms with E-state index in [9.17, 15) is 0 Å². The van der Waals surface area contributed by atoms with Crippen LogP contribution in [0.25, 0.3) is 22.3 Å². The maximum atomic E-state index is 6.21. The number of para-hydroxylation sites is 1. The molecular formula is C32H29NO3. The van der Waals surface area contributed by atoms with Gasteiger partial charge in [0.05, 0.1) is 20.8 Å². The first-order chi connectivity index (χ1) is 17.7. The Morgan fingerprint density at radius 1 is 0.583 bits per heavy atom. The predicted octanol–water partition coefficient (Wildman–Crippen LogP) is 7.47. The molecule has 180 valence electrons. The highest BCUT2D eigenvalue weighted by molar-refractivity contribution is 5.83. The summed E-state index contributed by atoms with van der Waals surface area (Å²) in [5, 5.41) is 0. The summed E-state index contributed by atoms with van der Waals surface area (Å²) in [5.41, 5.74) is 6.86. The van der Waals surface area contributed by atoms with E-state index in [4.69, 9.17) is 14.2 Å². The molecule has 0 saturated heterocycles. The molecule has 0 N–H and O–H groups in total. The van der Waals surface area contributed by atoms with Gasteiger partial charge in [0, 0.05) is 29.1 Å². The van der Waals surface area contributed by atoms with Gasteiger partial charge in [-0.05, 0) is 47.0 Å². The fourth-order valence-electron chi connectivity index (χ4n) is 4.31. The molecule has 0 spiro atoms. The topological polar surface area (TPSA) is 32.6 Å². The molecule has 0 atom stereocenters. The highest BCUT2D eigenvalue weighted by Gasteiger charge is 2.13. The Hall–Kier alpha value is -4.44. The summed E-state index contributed by atoms with van der Waals surface area (Å²) >= 11 is 0. The molecule has 4 heteroatoms. The Morgan fingerprint density at radius 2 is 1.11 bits per heavy atom. The van der Waals surface area contributed by atoms with Gasteiger partial charge in [-0.3, -0.25) is 0 Å². The smallest absolute Gasteiger partial charge is 0.124 e. The number of hydrogen-bond donors (Lipinski definition) is 0. The number of nitrogens with zero attached hydrogens (tertiary/aromatic N) is 1. The van der Waals surface area contributed by atoms with Gasteiger partial charge in [0.2, 0.25) is 0 Å². The minimum Gasteiger partial charge on any atom is -0.497 e. The van der Waals surface area contributed by atoms with Gasteiger partial charge in [-0.15, -0.1) is 0 Å². The normalized spacial score (nSPS) is 10.7. The summed E-state index contributed by atoms with van der Waals surface area (Å²) in [6, 6.07) is 34.9. The van der Waals surface area contributed by atoms with E-state index in [1.54, 1.807) is 14.2 Å². The van der Waals surface area contributed by atoms with Crippen LogP contribution >= 0.6 is 0 Å². The molecule has 4 aromatic carbocycles. The molecule has 1 heterocycles. The van der Waals surface area contributed by atoms with Gasteiger partial charge in [0.1, 0.15) is 23.9 Å². The van der Waals surface area contributed by atoms with E-state index in [2.05, 4.69) is 65.5 Å². The summed E-state index contributed by atoms with van der Waals surface area (Å²) in [4.78, 5) is 0. The maximum Gasteiger partial charge on any atom is 0.124 e. The second-order valence-corrected chi connectivity index (χ2v) is 8.60. The van der Waals surface area contributed by atoms with E-state index in [0.29, 0.717) is 13.2 Å². The molecule has 4 nitrogen and oxygen atoms in total. The zero-order chi connectivity index (χ0) is 24.7. The van der Waals surface area contributed by atoms with Crippen molar-refractivity contribution in [1.29, 1.82) is 0 Å². The molecule has 0 amide bonds. The number of ether oxygens (including phenoxy) is 3. The minimum absolute atomic E-state index is 0.539. The zero-order valence-electron chi connectivity index (χ0n) is 20.6. The number of benzene rings is 4. The minimum atomic E-state index is 0.539. The van der Waals surface area contributed by atoms with Crippen molar-refractivity contribution >= 4 is 0 Å². The molecule has 5 rings (SSSR count). The molecule has 0 radical (unpaired) electrons. The van der Waals surface area contributed by atoms with Crippen molar-refractivity contribution in [3.05, 3.63) is 127 Å². The third kappa shape index (κ3) is 5.28. The van der Waals surface area contributed by atoms with Gasteiger partial charge in [-0.25, -0.2) is 0 Å². The van der Waals surface area contributed by atoms with Gasteiger partial charge in [0.25, 0.3) is 0 Å². The van der Waals surface area contributed by atoms with Crippen molar-refractivity contribution in [2.24, 2.45) is 0 Å². The van der Waals surface area contributed by atoms with Crippen molar-refractivity contribution in [3.8, 4) is 39.5 Å². The van der Waals surface area contributed by atoms with Crippen LogP contribution in [-0.2, 0) is 13.2 Å². The Kier molecular flexibility index (Phi) is 7.04. The van der Waals surface area contributed by atoms with Crippen LogP contribution < -0.4 is 14.2 Å². The van der Waals surface area contributed by atoms with Crippen LogP contribution in [0.3, 0.4) is 0 Å². The Bertz CT molecular complexity index is 1340. The van der Waals surface area contributed by atoms with Crippen LogP contribution in [0.4, 0.5) is 0 Å². The van der Waals surface area contributed by atoms with Crippen molar-refractivity contribution in [1.82, 2.24) is 4.57 Å². The molecule has 1 aromatic heterocycles. The van der Waals surface area contributed by atoms with Gasteiger partial charge >= 0.3 is 0 Å². The van der Waals surface area contributed by atoms with Crippen LogP contribution in [0.2, 0.25) is 0 Å². The van der Waals surface area contributed by atoms with Gasteiger partial charge < -0.3 is 18.8 Å². The standard InChI is InChI=1S/C32H29NO3/c1-34-28-16-12-25(13-17-28)30-21-33(22-31(30)26-14-18-29(35-2)19-15-26)20-27-10-6-7-11-32(27)36-23-24-8-4-3-5-9-24/h3-19,21-22H,20,23H2,1-2H3. The first kappa shape index (κ1) is 23.3. The SMILES string of the molecule is COc1ccc(-c2cn(Cc3ccccc3OCc3ccccc3)cc2-c2ccc(OC)cc2)cc1. The molecule has 5 aromatic rings. The molecule has 0 bridgehead atoms. The lowest BCUT2D eigenvalue weighted by Crippen LogP contribution is -2.02. The molecule has 0 aliphatic heterocycles. The largest absolute Gasteiger partial charge is 0.497 e. The first-order valence-electron chi connectivity index (χ1n) is 12.0. The van der Waals surface area contributed by atoms with E-state index in [1.165, 1.54) is 0 Å². The van der Waals surface area contributed by atoms with E-state index in [-0.39, 0.29) is 0 Å². The van der Waals surface area contributed by atoms with Crippen LogP contribution in [0.5, 0.6) is 17.2 Å². The van der Waals surface area contributed by atoms with Crippen molar-refractivity contribution in [2.45, 2.75) is 13.2 Å². The van der Waals surface area contributed by atoms with Crippen molar-refractivity contribution in [2.75, 3.05) is 14.2 Å². The lowest BCUT2D eigenvalue weighted by Gasteiger charge is -2.12. The van der Waals surface area contributed by atoms with Crippen LogP contribution in [0, 0.1) is 0 Å². The molecule has 0 aliphatic rings. The first-order valence-corrected chi connectivity index (χ1v) is 12.0. The fourth-order valence-corrected chi connectivity index (χ4v) is 4.31. The fraction of sp³-hybridized carbons (Fsp3) is 0.125. The third-order valence-corrected chi connectivity index (χ3v) is 6.24. The Balaban J connectivity index is 1.47. The maximum absolute atomic E-state index is 6.21. The average Bonchev–Trinajstić information content (AvgIpc) is 3.37. The van der Waals surface area contributed by atoms with Crippen molar-refractivity contribution in [3.63, 3.8) is 0 Å². The van der Waals surface area contributed by atoms with E-state index in [0.717, 1.165) is 50.6 Å². The number of methoxy groups -OCH3 is 2. The summed E-state index contributed by atoms with van der Waals surface area (Å²) in [6.07, 6.45) is 4.41. The summed E-state index contributed by atoms with van der Waals surface area (Å²) in [6.45, 7) is 1.24. The van der Waals surface area contributed by atoms with Crippen LogP contribution in [0.1, 0.15) is 11.1 Å². The third-order valence-electron chi connectivity index (χ3n) is 6.24. The Morgan fingerprint density at radius 3 is 1.67 bits per heavy atom. The molecule has 0 saturated carbocycles. The molecule has 36 heavy (non-hydrogen) atoms. The number of aromatic nitrogens is 1. The van der Waals surface area contributed by atoms with E-state index in [1.807, 2.05) is 54.6 Å². The molecular weight excluding hydrogens is 446 g/mol. The monoisotopic (exact) mass is 475 g/mol. The molecule has 0 fully saturated rings. The highest BCUT2D eigenvalue weighted by atomic mass is 16.5. The predicted molar refractivity (Wildman–Crippen MR) is 145 cm³/mol. The van der Waals surface area contributed by atoms with Gasteiger partial charge in [-0.1, -0.05) is 72.8 Å². The number of rotatable bonds is 9. The average molecular weight is 476 g/mol. The lowest BCUT2D eigenvalue weighted by atomic mass is 9.99. The second kappa shape index (κ2) is 10.9. The molecule has 0 aliphatic carbocycles. The van der Waals surface area contributed by atoms with Crippen molar-refractivity contribution < 1.29 is 14.2 Å². The zero-order valence-corrected chi connectivity index (χ0v) is 20.6. The Labute approximate surface area is 212 Å². The highest BCUT2D eigenvalue weighted by Crippen LogP contribution is 2.35. The summed E-state index contributed by atoms with van der Waals surface area (Å²) in [7, 11) is 3.37. The van der Waals surface area contributed by atoms with Gasteiger partial charge in [-0.2, -0.15) is 0 Å². The summed E-state index contributed by atoms with van der Waals surface area (Å²) < 4.78 is 19.2. The molecule has 0 unspecified atom stereocenters. The van der Waals surface area contributed by atoms with Crippen LogP contribution in [0.15, 0.2) is 116 Å². The summed E-state index contributed by atoms with van der Waals surface area (Å²) in [5.74, 6) is 2.58.